The van der Waals surface area contributed by atoms with E-state index < -0.39 is 0 Å². The van der Waals surface area contributed by atoms with Crippen LogP contribution >= 0.6 is 11.6 Å². The van der Waals surface area contributed by atoms with Crippen molar-refractivity contribution < 1.29 is 9.66 Å². The Bertz CT molecular complexity index is 467. The van der Waals surface area contributed by atoms with Gasteiger partial charge in [0.1, 0.15) is 5.69 Å². The lowest BCUT2D eigenvalue weighted by molar-refractivity contribution is -0.384. The Morgan fingerprint density at radius 2 is 2.37 bits per heavy atom. The highest BCUT2D eigenvalue weighted by Gasteiger charge is 2.23. The number of rotatable bonds is 3. The number of nitrogens with zero attached hydrogens (tertiary/aromatic N) is 2. The SMILES string of the molecule is CC1CN(c2ccc(CCl)cc2[N+](=O)[O-])CCCO1. The molecule has 1 heterocycles. The average Bonchev–Trinajstić information content (AvgIpc) is 2.62. The van der Waals surface area contributed by atoms with Crippen molar-refractivity contribution in [1.82, 2.24) is 0 Å². The molecular formula is C13H17ClN2O3. The van der Waals surface area contributed by atoms with Crippen molar-refractivity contribution in [2.45, 2.75) is 25.3 Å². The zero-order chi connectivity index (χ0) is 13.8. The Balaban J connectivity index is 2.34. The first-order valence-electron chi connectivity index (χ1n) is 6.31. The summed E-state index contributed by atoms with van der Waals surface area (Å²) in [7, 11) is 0. The van der Waals surface area contributed by atoms with Gasteiger partial charge in [-0.3, -0.25) is 10.1 Å². The van der Waals surface area contributed by atoms with Gasteiger partial charge in [0, 0.05) is 31.6 Å². The van der Waals surface area contributed by atoms with Crippen LogP contribution in [0.5, 0.6) is 0 Å². The molecule has 1 saturated heterocycles. The van der Waals surface area contributed by atoms with Gasteiger partial charge in [0.25, 0.3) is 5.69 Å². The Morgan fingerprint density at radius 3 is 3.05 bits per heavy atom. The minimum atomic E-state index is -0.345. The molecule has 0 aromatic heterocycles. The molecule has 0 N–H and O–H groups in total. The molecule has 1 aliphatic rings. The van der Waals surface area contributed by atoms with Crippen molar-refractivity contribution in [2.75, 3.05) is 24.6 Å². The van der Waals surface area contributed by atoms with Crippen LogP contribution in [0.1, 0.15) is 18.9 Å². The van der Waals surface area contributed by atoms with E-state index >= 15 is 0 Å². The van der Waals surface area contributed by atoms with Gasteiger partial charge in [0.15, 0.2) is 0 Å². The standard InChI is InChI=1S/C13H17ClN2O3/c1-10-9-15(5-2-6-19-10)12-4-3-11(8-14)7-13(12)16(17)18/h3-4,7,10H,2,5-6,8-9H2,1H3. The lowest BCUT2D eigenvalue weighted by Crippen LogP contribution is -2.30. The van der Waals surface area contributed by atoms with Crippen molar-refractivity contribution >= 4 is 23.0 Å². The van der Waals surface area contributed by atoms with E-state index in [-0.39, 0.29) is 22.6 Å². The lowest BCUT2D eigenvalue weighted by Gasteiger charge is -2.24. The summed E-state index contributed by atoms with van der Waals surface area (Å²) in [4.78, 5) is 12.9. The molecule has 1 aromatic carbocycles. The molecule has 1 fully saturated rings. The van der Waals surface area contributed by atoms with Crippen LogP contribution in [-0.4, -0.2) is 30.7 Å². The van der Waals surface area contributed by atoms with Crippen molar-refractivity contribution in [2.24, 2.45) is 0 Å². The molecule has 6 heteroatoms. The van der Waals surface area contributed by atoms with Gasteiger partial charge in [0.2, 0.25) is 0 Å². The number of nitro groups is 1. The smallest absolute Gasteiger partial charge is 0.292 e. The molecule has 0 spiro atoms. The van der Waals surface area contributed by atoms with Crippen LogP contribution in [0.25, 0.3) is 0 Å². The summed E-state index contributed by atoms with van der Waals surface area (Å²) in [6.07, 6.45) is 0.952. The van der Waals surface area contributed by atoms with Gasteiger partial charge in [-0.15, -0.1) is 11.6 Å². The number of halogens is 1. The number of hydrogen-bond acceptors (Lipinski definition) is 4. The molecule has 1 unspecified atom stereocenters. The summed E-state index contributed by atoms with van der Waals surface area (Å²) in [6, 6.07) is 5.18. The second-order valence-corrected chi connectivity index (χ2v) is 4.96. The minimum Gasteiger partial charge on any atom is -0.377 e. The minimum absolute atomic E-state index is 0.0785. The van der Waals surface area contributed by atoms with Gasteiger partial charge < -0.3 is 9.64 Å². The molecule has 19 heavy (non-hydrogen) atoms. The van der Waals surface area contributed by atoms with E-state index in [0.29, 0.717) is 18.8 Å². The maximum absolute atomic E-state index is 11.2. The third-order valence-corrected chi connectivity index (χ3v) is 3.49. The second kappa shape index (κ2) is 6.21. The Kier molecular flexibility index (Phi) is 4.61. The topological polar surface area (TPSA) is 55.6 Å². The first kappa shape index (κ1) is 14.1. The summed E-state index contributed by atoms with van der Waals surface area (Å²) in [5.74, 6) is 0.278. The molecule has 0 amide bonds. The van der Waals surface area contributed by atoms with Crippen LogP contribution in [-0.2, 0) is 10.6 Å². The molecule has 0 aliphatic carbocycles. The largest absolute Gasteiger partial charge is 0.377 e. The maximum atomic E-state index is 11.2. The fourth-order valence-corrected chi connectivity index (χ4v) is 2.45. The lowest BCUT2D eigenvalue weighted by atomic mass is 10.1. The molecule has 1 atom stereocenters. The maximum Gasteiger partial charge on any atom is 0.292 e. The predicted molar refractivity (Wildman–Crippen MR) is 74.9 cm³/mol. The quantitative estimate of drug-likeness (QED) is 0.486. The summed E-state index contributed by atoms with van der Waals surface area (Å²) >= 11 is 5.73. The van der Waals surface area contributed by atoms with Crippen molar-refractivity contribution in [1.29, 1.82) is 0 Å². The van der Waals surface area contributed by atoms with Gasteiger partial charge in [-0.2, -0.15) is 0 Å². The van der Waals surface area contributed by atoms with Crippen molar-refractivity contribution in [3.05, 3.63) is 33.9 Å². The second-order valence-electron chi connectivity index (χ2n) is 4.69. The molecule has 0 radical (unpaired) electrons. The fraction of sp³-hybridized carbons (Fsp3) is 0.538. The van der Waals surface area contributed by atoms with Gasteiger partial charge in [-0.1, -0.05) is 6.07 Å². The highest BCUT2D eigenvalue weighted by molar-refractivity contribution is 6.17. The number of benzene rings is 1. The molecule has 0 saturated carbocycles. The normalized spacial score (nSPS) is 20.1. The third kappa shape index (κ3) is 3.36. The number of nitro benzene ring substituents is 1. The van der Waals surface area contributed by atoms with Crippen LogP contribution in [0, 0.1) is 10.1 Å². The third-order valence-electron chi connectivity index (χ3n) is 3.18. The fourth-order valence-electron chi connectivity index (χ4n) is 2.28. The summed E-state index contributed by atoms with van der Waals surface area (Å²) in [5.41, 5.74) is 1.53. The first-order chi connectivity index (χ1) is 9.11. The van der Waals surface area contributed by atoms with Crippen molar-refractivity contribution in [3.8, 4) is 0 Å². The highest BCUT2D eigenvalue weighted by atomic mass is 35.5. The number of ether oxygens (including phenoxy) is 1. The Hall–Kier alpha value is -1.33. The van der Waals surface area contributed by atoms with Crippen LogP contribution < -0.4 is 4.90 Å². The van der Waals surface area contributed by atoms with E-state index in [9.17, 15) is 10.1 Å². The molecule has 104 valence electrons. The van der Waals surface area contributed by atoms with Crippen LogP contribution in [0.4, 0.5) is 11.4 Å². The van der Waals surface area contributed by atoms with Crippen molar-refractivity contribution in [3.63, 3.8) is 0 Å². The number of alkyl halides is 1. The molecule has 5 nitrogen and oxygen atoms in total. The van der Waals surface area contributed by atoms with Gasteiger partial charge in [-0.25, -0.2) is 0 Å². The Morgan fingerprint density at radius 1 is 1.58 bits per heavy atom. The predicted octanol–water partition coefficient (Wildman–Crippen LogP) is 2.95. The summed E-state index contributed by atoms with van der Waals surface area (Å²) < 4.78 is 5.57. The zero-order valence-corrected chi connectivity index (χ0v) is 11.6. The summed E-state index contributed by atoms with van der Waals surface area (Å²) in [5, 5.41) is 11.2. The molecule has 2 rings (SSSR count). The van der Waals surface area contributed by atoms with E-state index in [0.717, 1.165) is 18.5 Å². The monoisotopic (exact) mass is 284 g/mol. The van der Waals surface area contributed by atoms with E-state index in [4.69, 9.17) is 16.3 Å². The molecule has 1 aromatic rings. The summed E-state index contributed by atoms with van der Waals surface area (Å²) in [6.45, 7) is 4.12. The van der Waals surface area contributed by atoms with Gasteiger partial charge in [-0.05, 0) is 25.0 Å². The van der Waals surface area contributed by atoms with E-state index in [1.807, 2.05) is 17.9 Å². The molecular weight excluding hydrogens is 268 g/mol. The average molecular weight is 285 g/mol. The molecule has 0 bridgehead atoms. The Labute approximate surface area is 117 Å². The molecule has 1 aliphatic heterocycles. The first-order valence-corrected chi connectivity index (χ1v) is 6.85. The van der Waals surface area contributed by atoms with Crippen LogP contribution in [0.3, 0.4) is 0 Å². The van der Waals surface area contributed by atoms with Gasteiger partial charge >= 0.3 is 0 Å². The zero-order valence-electron chi connectivity index (χ0n) is 10.8. The number of anilines is 1. The van der Waals surface area contributed by atoms with Gasteiger partial charge in [0.05, 0.1) is 11.0 Å². The van der Waals surface area contributed by atoms with E-state index in [1.165, 1.54) is 0 Å². The number of hydrogen-bond donors (Lipinski definition) is 0. The highest BCUT2D eigenvalue weighted by Crippen LogP contribution is 2.30. The van der Waals surface area contributed by atoms with Crippen LogP contribution in [0.15, 0.2) is 18.2 Å². The van der Waals surface area contributed by atoms with E-state index in [1.54, 1.807) is 12.1 Å². The van der Waals surface area contributed by atoms with Crippen LogP contribution in [0.2, 0.25) is 0 Å². The van der Waals surface area contributed by atoms with E-state index in [2.05, 4.69) is 0 Å².